The summed E-state index contributed by atoms with van der Waals surface area (Å²) in [6.45, 7) is 8.13. The van der Waals surface area contributed by atoms with Crippen LogP contribution in [0.1, 0.15) is 40.5 Å². The Bertz CT molecular complexity index is 404. The quantitative estimate of drug-likeness (QED) is 0.771. The first-order valence-electron chi connectivity index (χ1n) is 6.60. The molecule has 0 aromatic carbocycles. The number of allylic oxidation sites excluding steroid dienone is 1. The van der Waals surface area contributed by atoms with E-state index < -0.39 is 5.54 Å². The van der Waals surface area contributed by atoms with Crippen LogP contribution in [0, 0.1) is 5.92 Å². The van der Waals surface area contributed by atoms with Gasteiger partial charge in [-0.25, -0.2) is 0 Å². The third kappa shape index (κ3) is 2.28. The molecular weight excluding hydrogens is 228 g/mol. The summed E-state index contributed by atoms with van der Waals surface area (Å²) in [7, 11) is 0. The Kier molecular flexibility index (Phi) is 3.21. The molecule has 1 heterocycles. The lowest BCUT2D eigenvalue weighted by molar-refractivity contribution is -0.155. The second kappa shape index (κ2) is 4.41. The van der Waals surface area contributed by atoms with Crippen molar-refractivity contribution in [2.75, 3.05) is 6.54 Å². The fourth-order valence-corrected chi connectivity index (χ4v) is 2.29. The summed E-state index contributed by atoms with van der Waals surface area (Å²) in [6.07, 6.45) is 4.10. The maximum Gasteiger partial charge on any atom is 0.246 e. The summed E-state index contributed by atoms with van der Waals surface area (Å²) >= 11 is 0. The zero-order valence-electron chi connectivity index (χ0n) is 11.6. The van der Waals surface area contributed by atoms with Crippen molar-refractivity contribution in [1.82, 2.24) is 10.2 Å². The van der Waals surface area contributed by atoms with Gasteiger partial charge in [-0.05, 0) is 46.5 Å². The predicted molar refractivity (Wildman–Crippen MR) is 69.9 cm³/mol. The van der Waals surface area contributed by atoms with Crippen LogP contribution >= 0.6 is 0 Å². The van der Waals surface area contributed by atoms with E-state index in [1.54, 1.807) is 4.90 Å². The van der Waals surface area contributed by atoms with Crippen molar-refractivity contribution >= 4 is 11.8 Å². The fourth-order valence-electron chi connectivity index (χ4n) is 2.29. The normalized spacial score (nSPS) is 26.9. The zero-order valence-corrected chi connectivity index (χ0v) is 11.6. The molecule has 4 heteroatoms. The SMILES string of the molecule is CC(C)=CCN1C(=O)C(C2CC2)NC(=O)C1(C)C. The number of carbonyl (C=O) groups is 2. The molecule has 1 N–H and O–H groups in total. The van der Waals surface area contributed by atoms with Crippen molar-refractivity contribution in [3.63, 3.8) is 0 Å². The highest BCUT2D eigenvalue weighted by Gasteiger charge is 2.50. The molecule has 1 saturated heterocycles. The molecule has 0 bridgehead atoms. The lowest BCUT2D eigenvalue weighted by Gasteiger charge is -2.44. The van der Waals surface area contributed by atoms with Gasteiger partial charge in [-0.1, -0.05) is 11.6 Å². The van der Waals surface area contributed by atoms with Crippen molar-refractivity contribution in [3.05, 3.63) is 11.6 Å². The van der Waals surface area contributed by atoms with Crippen molar-refractivity contribution < 1.29 is 9.59 Å². The Morgan fingerprint density at radius 2 is 2.00 bits per heavy atom. The smallest absolute Gasteiger partial charge is 0.246 e. The molecule has 2 rings (SSSR count). The standard InChI is InChI=1S/C14H22N2O2/c1-9(2)7-8-16-12(17)11(10-5-6-10)15-13(18)14(16,3)4/h7,10-11H,5-6,8H2,1-4H3,(H,15,18). The number of hydrogen-bond acceptors (Lipinski definition) is 2. The van der Waals surface area contributed by atoms with Crippen LogP contribution in [0.3, 0.4) is 0 Å². The van der Waals surface area contributed by atoms with Crippen LogP contribution in [0.5, 0.6) is 0 Å². The molecule has 0 aromatic rings. The lowest BCUT2D eigenvalue weighted by atomic mass is 9.94. The molecule has 0 spiro atoms. The van der Waals surface area contributed by atoms with Crippen LogP contribution in [0.2, 0.25) is 0 Å². The van der Waals surface area contributed by atoms with E-state index in [-0.39, 0.29) is 17.9 Å². The molecule has 1 aliphatic carbocycles. The highest BCUT2D eigenvalue weighted by Crippen LogP contribution is 2.36. The van der Waals surface area contributed by atoms with Gasteiger partial charge in [0, 0.05) is 6.54 Å². The van der Waals surface area contributed by atoms with Crippen molar-refractivity contribution in [2.45, 2.75) is 52.1 Å². The van der Waals surface area contributed by atoms with E-state index in [1.807, 2.05) is 33.8 Å². The molecule has 18 heavy (non-hydrogen) atoms. The summed E-state index contributed by atoms with van der Waals surface area (Å²) in [5.41, 5.74) is 0.404. The average Bonchev–Trinajstić information content (AvgIpc) is 3.06. The first-order chi connectivity index (χ1) is 8.34. The monoisotopic (exact) mass is 250 g/mol. The molecule has 4 nitrogen and oxygen atoms in total. The molecule has 2 aliphatic rings. The molecule has 2 fully saturated rings. The van der Waals surface area contributed by atoms with E-state index in [2.05, 4.69) is 5.32 Å². The zero-order chi connectivity index (χ0) is 13.5. The van der Waals surface area contributed by atoms with E-state index in [9.17, 15) is 9.59 Å². The molecular formula is C14H22N2O2. The molecule has 100 valence electrons. The highest BCUT2D eigenvalue weighted by molar-refractivity contribution is 5.99. The largest absolute Gasteiger partial charge is 0.342 e. The summed E-state index contributed by atoms with van der Waals surface area (Å²) in [5, 5.41) is 2.89. The van der Waals surface area contributed by atoms with E-state index in [4.69, 9.17) is 0 Å². The van der Waals surface area contributed by atoms with Gasteiger partial charge in [-0.15, -0.1) is 0 Å². The minimum Gasteiger partial charge on any atom is -0.342 e. The number of carbonyl (C=O) groups excluding carboxylic acids is 2. The van der Waals surface area contributed by atoms with Gasteiger partial charge >= 0.3 is 0 Å². The molecule has 0 radical (unpaired) electrons. The molecule has 1 aliphatic heterocycles. The van der Waals surface area contributed by atoms with Gasteiger partial charge in [0.25, 0.3) is 0 Å². The van der Waals surface area contributed by atoms with Gasteiger partial charge in [0.15, 0.2) is 0 Å². The van der Waals surface area contributed by atoms with Crippen LogP contribution in [0.25, 0.3) is 0 Å². The second-order valence-corrected chi connectivity index (χ2v) is 6.08. The number of piperazine rings is 1. The van der Waals surface area contributed by atoms with Gasteiger partial charge in [0.1, 0.15) is 11.6 Å². The molecule has 0 aromatic heterocycles. The van der Waals surface area contributed by atoms with Crippen molar-refractivity contribution in [2.24, 2.45) is 5.92 Å². The summed E-state index contributed by atoms with van der Waals surface area (Å²) in [4.78, 5) is 26.3. The molecule has 1 unspecified atom stereocenters. The third-order valence-electron chi connectivity index (χ3n) is 3.82. The van der Waals surface area contributed by atoms with Crippen LogP contribution in [-0.2, 0) is 9.59 Å². The summed E-state index contributed by atoms with van der Waals surface area (Å²) in [6, 6.07) is -0.295. The van der Waals surface area contributed by atoms with Crippen LogP contribution in [-0.4, -0.2) is 34.8 Å². The Morgan fingerprint density at radius 3 is 2.50 bits per heavy atom. The van der Waals surface area contributed by atoms with Gasteiger partial charge in [-0.2, -0.15) is 0 Å². The van der Waals surface area contributed by atoms with Crippen molar-refractivity contribution in [1.29, 1.82) is 0 Å². The lowest BCUT2D eigenvalue weighted by Crippen LogP contribution is -2.68. The molecule has 1 saturated carbocycles. The third-order valence-corrected chi connectivity index (χ3v) is 3.82. The van der Waals surface area contributed by atoms with Crippen LogP contribution in [0.15, 0.2) is 11.6 Å². The number of nitrogens with one attached hydrogen (secondary N) is 1. The van der Waals surface area contributed by atoms with Gasteiger partial charge < -0.3 is 10.2 Å². The Labute approximate surface area is 108 Å². The number of hydrogen-bond donors (Lipinski definition) is 1. The molecule has 2 amide bonds. The van der Waals surface area contributed by atoms with Gasteiger partial charge in [-0.3, -0.25) is 9.59 Å². The van der Waals surface area contributed by atoms with Crippen molar-refractivity contribution in [3.8, 4) is 0 Å². The van der Waals surface area contributed by atoms with E-state index >= 15 is 0 Å². The van der Waals surface area contributed by atoms with Gasteiger partial charge in [0.2, 0.25) is 11.8 Å². The Balaban J connectivity index is 2.22. The minimum atomic E-state index is -0.756. The maximum absolute atomic E-state index is 12.5. The predicted octanol–water partition coefficient (Wildman–Crippen LogP) is 1.47. The van der Waals surface area contributed by atoms with Crippen LogP contribution < -0.4 is 5.32 Å². The van der Waals surface area contributed by atoms with E-state index in [0.29, 0.717) is 12.5 Å². The first kappa shape index (κ1) is 13.1. The van der Waals surface area contributed by atoms with E-state index in [0.717, 1.165) is 18.4 Å². The average molecular weight is 250 g/mol. The Morgan fingerprint density at radius 1 is 1.39 bits per heavy atom. The summed E-state index contributed by atoms with van der Waals surface area (Å²) in [5.74, 6) is 0.382. The second-order valence-electron chi connectivity index (χ2n) is 6.08. The summed E-state index contributed by atoms with van der Waals surface area (Å²) < 4.78 is 0. The number of rotatable bonds is 3. The van der Waals surface area contributed by atoms with E-state index in [1.165, 1.54) is 0 Å². The topological polar surface area (TPSA) is 49.4 Å². The minimum absolute atomic E-state index is 0.0406. The highest BCUT2D eigenvalue weighted by atomic mass is 16.2. The first-order valence-corrected chi connectivity index (χ1v) is 6.60. The fraction of sp³-hybridized carbons (Fsp3) is 0.714. The van der Waals surface area contributed by atoms with Gasteiger partial charge in [0.05, 0.1) is 0 Å². The number of nitrogens with zero attached hydrogens (tertiary/aromatic N) is 1. The maximum atomic E-state index is 12.5. The number of amides is 2. The molecule has 1 atom stereocenters. The Hall–Kier alpha value is -1.32. The van der Waals surface area contributed by atoms with Crippen LogP contribution in [0.4, 0.5) is 0 Å².